The molecule has 94 valence electrons. The van der Waals surface area contributed by atoms with Crippen LogP contribution in [0.5, 0.6) is 0 Å². The molecule has 2 aromatic rings. The number of carbonyl (C=O) groups excluding carboxylic acids is 1. The minimum Gasteiger partial charge on any atom is -0.390 e. The van der Waals surface area contributed by atoms with Gasteiger partial charge in [-0.25, -0.2) is 0 Å². The summed E-state index contributed by atoms with van der Waals surface area (Å²) in [6.45, 7) is 2.48. The highest BCUT2D eigenvalue weighted by molar-refractivity contribution is 9.10. The van der Waals surface area contributed by atoms with Gasteiger partial charge in [-0.3, -0.25) is 4.79 Å². The van der Waals surface area contributed by atoms with Gasteiger partial charge in [0.25, 0.3) is 5.91 Å². The Morgan fingerprint density at radius 3 is 2.67 bits per heavy atom. The van der Waals surface area contributed by atoms with E-state index in [0.29, 0.717) is 17.1 Å². The van der Waals surface area contributed by atoms with Gasteiger partial charge in [0.2, 0.25) is 0 Å². The van der Waals surface area contributed by atoms with E-state index in [4.69, 9.17) is 5.73 Å². The Balaban J connectivity index is 2.45. The molecule has 0 saturated heterocycles. The van der Waals surface area contributed by atoms with E-state index in [2.05, 4.69) is 21.2 Å². The number of anilines is 1. The number of nitrogens with two attached hydrogens (primary N) is 1. The molecule has 3 nitrogen and oxygen atoms in total. The first kappa shape index (κ1) is 13.1. The van der Waals surface area contributed by atoms with Crippen molar-refractivity contribution in [3.63, 3.8) is 0 Å². The molecular weight excluding hydrogens is 312 g/mol. The molecule has 5 heteroatoms. The Labute approximate surface area is 118 Å². The molecule has 0 aliphatic heterocycles. The van der Waals surface area contributed by atoms with E-state index in [1.54, 1.807) is 0 Å². The molecule has 0 unspecified atom stereocenters. The molecule has 0 fully saturated rings. The average Bonchev–Trinajstić information content (AvgIpc) is 2.72. The molecule has 2 rings (SSSR count). The summed E-state index contributed by atoms with van der Waals surface area (Å²) in [5.41, 5.74) is 8.34. The third-order valence-corrected chi connectivity index (χ3v) is 3.88. The molecule has 1 amide bonds. The second kappa shape index (κ2) is 5.54. The molecule has 3 N–H and O–H groups in total. The Kier molecular flexibility index (Phi) is 4.04. The van der Waals surface area contributed by atoms with E-state index < -0.39 is 0 Å². The number of thiophene rings is 1. The molecule has 0 radical (unpaired) electrons. The van der Waals surface area contributed by atoms with Crippen LogP contribution in [0.2, 0.25) is 0 Å². The summed E-state index contributed by atoms with van der Waals surface area (Å²) in [6, 6.07) is 7.83. The van der Waals surface area contributed by atoms with Crippen molar-refractivity contribution < 1.29 is 4.79 Å². The van der Waals surface area contributed by atoms with Gasteiger partial charge in [-0.2, -0.15) is 0 Å². The molecular formula is C13H13BrN2OS. The first-order valence-electron chi connectivity index (χ1n) is 5.54. The first-order valence-corrected chi connectivity index (χ1v) is 7.21. The molecule has 1 heterocycles. The van der Waals surface area contributed by atoms with Gasteiger partial charge < -0.3 is 11.1 Å². The van der Waals surface area contributed by atoms with Crippen molar-refractivity contribution in [2.75, 3.05) is 12.3 Å². The molecule has 18 heavy (non-hydrogen) atoms. The second-order valence-electron chi connectivity index (χ2n) is 3.75. The standard InChI is InChI=1S/C13H13BrN2OS/c1-2-16-13(17)11-10(7-18-12(11)15)8-3-5-9(14)6-4-8/h3-7H,2,15H2,1H3,(H,16,17). The third-order valence-electron chi connectivity index (χ3n) is 2.54. The van der Waals surface area contributed by atoms with Crippen molar-refractivity contribution in [3.8, 4) is 11.1 Å². The second-order valence-corrected chi connectivity index (χ2v) is 5.58. The van der Waals surface area contributed by atoms with Crippen LogP contribution in [0.4, 0.5) is 5.00 Å². The maximum Gasteiger partial charge on any atom is 0.254 e. The molecule has 1 aromatic heterocycles. The number of carbonyl (C=O) groups is 1. The van der Waals surface area contributed by atoms with Crippen LogP contribution in [0.3, 0.4) is 0 Å². The highest BCUT2D eigenvalue weighted by Gasteiger charge is 2.17. The number of rotatable bonds is 3. The van der Waals surface area contributed by atoms with Crippen molar-refractivity contribution in [1.82, 2.24) is 5.32 Å². The lowest BCUT2D eigenvalue weighted by Gasteiger charge is -2.06. The van der Waals surface area contributed by atoms with Crippen LogP contribution in [0.1, 0.15) is 17.3 Å². The molecule has 1 aromatic carbocycles. The number of halogens is 1. The molecule has 0 spiro atoms. The molecule has 0 saturated carbocycles. The van der Waals surface area contributed by atoms with Crippen LogP contribution in [0, 0.1) is 0 Å². The van der Waals surface area contributed by atoms with Crippen molar-refractivity contribution in [2.24, 2.45) is 0 Å². The number of nitrogen functional groups attached to an aromatic ring is 1. The molecule has 0 aliphatic rings. The van der Waals surface area contributed by atoms with E-state index in [1.165, 1.54) is 11.3 Å². The Hall–Kier alpha value is -1.33. The minimum absolute atomic E-state index is 0.117. The van der Waals surface area contributed by atoms with Crippen molar-refractivity contribution in [1.29, 1.82) is 0 Å². The quantitative estimate of drug-likeness (QED) is 0.907. The fourth-order valence-electron chi connectivity index (χ4n) is 1.70. The lowest BCUT2D eigenvalue weighted by atomic mass is 10.0. The summed E-state index contributed by atoms with van der Waals surface area (Å²) in [5, 5.41) is 5.26. The Morgan fingerprint density at radius 2 is 2.06 bits per heavy atom. The van der Waals surface area contributed by atoms with Gasteiger partial charge in [0.05, 0.1) is 10.6 Å². The Bertz CT molecular complexity index is 563. The van der Waals surface area contributed by atoms with Gasteiger partial charge in [0.1, 0.15) is 0 Å². The zero-order chi connectivity index (χ0) is 13.1. The van der Waals surface area contributed by atoms with Gasteiger partial charge in [0, 0.05) is 22.0 Å². The first-order chi connectivity index (χ1) is 8.63. The molecule has 0 bridgehead atoms. The zero-order valence-electron chi connectivity index (χ0n) is 9.87. The number of hydrogen-bond donors (Lipinski definition) is 2. The van der Waals surface area contributed by atoms with Crippen molar-refractivity contribution in [3.05, 3.63) is 39.7 Å². The van der Waals surface area contributed by atoms with E-state index in [9.17, 15) is 4.79 Å². The summed E-state index contributed by atoms with van der Waals surface area (Å²) in [5.74, 6) is -0.117. The highest BCUT2D eigenvalue weighted by Crippen LogP contribution is 2.34. The predicted molar refractivity (Wildman–Crippen MR) is 79.9 cm³/mol. The Morgan fingerprint density at radius 1 is 1.39 bits per heavy atom. The molecule has 0 aliphatic carbocycles. The number of benzene rings is 1. The van der Waals surface area contributed by atoms with Crippen LogP contribution in [-0.2, 0) is 0 Å². The van der Waals surface area contributed by atoms with Crippen LogP contribution >= 0.6 is 27.3 Å². The van der Waals surface area contributed by atoms with E-state index in [1.807, 2.05) is 36.6 Å². The monoisotopic (exact) mass is 324 g/mol. The average molecular weight is 325 g/mol. The van der Waals surface area contributed by atoms with Gasteiger partial charge in [0.15, 0.2) is 0 Å². The van der Waals surface area contributed by atoms with E-state index in [-0.39, 0.29) is 5.91 Å². The van der Waals surface area contributed by atoms with E-state index >= 15 is 0 Å². The van der Waals surface area contributed by atoms with Crippen LogP contribution in [0.15, 0.2) is 34.1 Å². The van der Waals surface area contributed by atoms with Crippen LogP contribution < -0.4 is 11.1 Å². The topological polar surface area (TPSA) is 55.1 Å². The summed E-state index contributed by atoms with van der Waals surface area (Å²) in [6.07, 6.45) is 0. The zero-order valence-corrected chi connectivity index (χ0v) is 12.3. The summed E-state index contributed by atoms with van der Waals surface area (Å²) in [4.78, 5) is 12.0. The smallest absolute Gasteiger partial charge is 0.254 e. The van der Waals surface area contributed by atoms with Gasteiger partial charge in [-0.1, -0.05) is 28.1 Å². The van der Waals surface area contributed by atoms with Gasteiger partial charge >= 0.3 is 0 Å². The van der Waals surface area contributed by atoms with Crippen LogP contribution in [-0.4, -0.2) is 12.5 Å². The largest absolute Gasteiger partial charge is 0.390 e. The maximum atomic E-state index is 12.0. The lowest BCUT2D eigenvalue weighted by molar-refractivity contribution is 0.0957. The minimum atomic E-state index is -0.117. The number of hydrogen-bond acceptors (Lipinski definition) is 3. The normalized spacial score (nSPS) is 10.3. The predicted octanol–water partition coefficient (Wildman–Crippen LogP) is 3.51. The van der Waals surface area contributed by atoms with E-state index in [0.717, 1.165) is 15.6 Å². The highest BCUT2D eigenvalue weighted by atomic mass is 79.9. The van der Waals surface area contributed by atoms with Crippen molar-refractivity contribution >= 4 is 38.2 Å². The van der Waals surface area contributed by atoms with Gasteiger partial charge in [-0.15, -0.1) is 11.3 Å². The molecule has 0 atom stereocenters. The van der Waals surface area contributed by atoms with Crippen molar-refractivity contribution in [2.45, 2.75) is 6.92 Å². The third kappa shape index (κ3) is 2.57. The summed E-state index contributed by atoms with van der Waals surface area (Å²) in [7, 11) is 0. The SMILES string of the molecule is CCNC(=O)c1c(-c2ccc(Br)cc2)csc1N. The number of nitrogens with one attached hydrogen (secondary N) is 1. The maximum absolute atomic E-state index is 12.0. The fraction of sp³-hybridized carbons (Fsp3) is 0.154. The lowest BCUT2D eigenvalue weighted by Crippen LogP contribution is -2.23. The van der Waals surface area contributed by atoms with Crippen LogP contribution in [0.25, 0.3) is 11.1 Å². The summed E-state index contributed by atoms with van der Waals surface area (Å²) < 4.78 is 1.01. The van der Waals surface area contributed by atoms with Gasteiger partial charge in [-0.05, 0) is 24.6 Å². The fourth-order valence-corrected chi connectivity index (χ4v) is 2.78. The summed E-state index contributed by atoms with van der Waals surface area (Å²) >= 11 is 4.78. The number of amides is 1.